The van der Waals surface area contributed by atoms with Crippen molar-refractivity contribution in [2.24, 2.45) is 4.99 Å². The number of benzene rings is 1. The van der Waals surface area contributed by atoms with E-state index >= 15 is 0 Å². The van der Waals surface area contributed by atoms with E-state index < -0.39 is 24.4 Å². The van der Waals surface area contributed by atoms with Gasteiger partial charge in [-0.25, -0.2) is 16.8 Å². The molecule has 1 aromatic rings. The summed E-state index contributed by atoms with van der Waals surface area (Å²) in [7, 11) is -4.77. The van der Waals surface area contributed by atoms with Crippen LogP contribution in [0.5, 0.6) is 0 Å². The monoisotopic (exact) mass is 529 g/mol. The smallest absolute Gasteiger partial charge is 0.193 e. The Morgan fingerprint density at radius 2 is 1.89 bits per heavy atom. The molecule has 0 radical (unpaired) electrons. The fraction of sp³-hybridized carbons (Fsp3) is 0.588. The molecule has 1 fully saturated rings. The highest BCUT2D eigenvalue weighted by Gasteiger charge is 2.40. The van der Waals surface area contributed by atoms with E-state index in [1.807, 2.05) is 4.90 Å². The molecular weight excluding hydrogens is 501 g/mol. The molecule has 1 heterocycles. The van der Waals surface area contributed by atoms with E-state index in [2.05, 4.69) is 10.3 Å². The lowest BCUT2D eigenvalue weighted by molar-refractivity contribution is 0.353. The van der Waals surface area contributed by atoms with Gasteiger partial charge < -0.3 is 10.2 Å². The van der Waals surface area contributed by atoms with Crippen LogP contribution in [0.1, 0.15) is 20.3 Å². The van der Waals surface area contributed by atoms with Gasteiger partial charge in [-0.2, -0.15) is 0 Å². The minimum Gasteiger partial charge on any atom is -0.356 e. The van der Waals surface area contributed by atoms with Crippen LogP contribution in [0.3, 0.4) is 0 Å². The van der Waals surface area contributed by atoms with Crippen molar-refractivity contribution in [3.8, 4) is 0 Å². The summed E-state index contributed by atoms with van der Waals surface area (Å²) >= 11 is 0. The van der Waals surface area contributed by atoms with Gasteiger partial charge in [-0.15, -0.1) is 24.0 Å². The van der Waals surface area contributed by atoms with Gasteiger partial charge in [0.1, 0.15) is 0 Å². The molecule has 0 bridgehead atoms. The summed E-state index contributed by atoms with van der Waals surface area (Å²) < 4.78 is 47.9. The second-order valence-electron chi connectivity index (χ2n) is 6.96. The zero-order valence-corrected chi connectivity index (χ0v) is 19.8. The summed E-state index contributed by atoms with van der Waals surface area (Å²) in [6, 6.07) is 8.39. The fourth-order valence-electron chi connectivity index (χ4n) is 2.86. The lowest BCUT2D eigenvalue weighted by Gasteiger charge is -2.39. The Kier molecular flexibility index (Phi) is 8.54. The summed E-state index contributed by atoms with van der Waals surface area (Å²) in [4.78, 5) is 6.44. The maximum atomic E-state index is 12.3. The quantitative estimate of drug-likeness (QED) is 0.269. The first kappa shape index (κ1) is 24.2. The molecular formula is C17H28IN3O4S2. The Hall–Kier alpha value is -0.880. The van der Waals surface area contributed by atoms with E-state index in [1.54, 1.807) is 51.2 Å². The van der Waals surface area contributed by atoms with Crippen molar-refractivity contribution < 1.29 is 16.8 Å². The first-order chi connectivity index (χ1) is 12.1. The van der Waals surface area contributed by atoms with Crippen LogP contribution in [-0.2, 0) is 19.7 Å². The lowest BCUT2D eigenvalue weighted by atomic mass is 10.2. The SMILES string of the molecule is CN=C(NCCCS(=O)(=O)c1ccccc1)N1CCS(=O)(=O)C(C)(C)C1.I. The third-order valence-electron chi connectivity index (χ3n) is 4.53. The molecule has 0 amide bonds. The van der Waals surface area contributed by atoms with Gasteiger partial charge in [0.25, 0.3) is 0 Å². The molecule has 154 valence electrons. The minimum atomic E-state index is -3.30. The molecule has 7 nitrogen and oxygen atoms in total. The Morgan fingerprint density at radius 3 is 2.44 bits per heavy atom. The number of guanidine groups is 1. The van der Waals surface area contributed by atoms with Gasteiger partial charge in [-0.3, -0.25) is 4.99 Å². The number of nitrogens with zero attached hydrogens (tertiary/aromatic N) is 2. The van der Waals surface area contributed by atoms with Crippen LogP contribution in [-0.4, -0.2) is 70.6 Å². The molecule has 1 aliphatic heterocycles. The molecule has 0 saturated carbocycles. The third kappa shape index (κ3) is 6.05. The van der Waals surface area contributed by atoms with Crippen LogP contribution >= 0.6 is 24.0 Å². The highest BCUT2D eigenvalue weighted by molar-refractivity contribution is 14.0. The summed E-state index contributed by atoms with van der Waals surface area (Å²) in [5.74, 6) is 0.731. The lowest BCUT2D eigenvalue weighted by Crippen LogP contribution is -2.57. The molecule has 1 saturated heterocycles. The first-order valence-corrected chi connectivity index (χ1v) is 11.9. The zero-order chi connectivity index (χ0) is 19.4. The molecule has 27 heavy (non-hydrogen) atoms. The van der Waals surface area contributed by atoms with Crippen molar-refractivity contribution >= 4 is 49.6 Å². The molecule has 1 N–H and O–H groups in total. The fourth-order valence-corrected chi connectivity index (χ4v) is 5.56. The standard InChI is InChI=1S/C17H27N3O4S2.HI/c1-17(2)14-20(11-13-26(17,23)24)16(18-3)19-10-7-12-25(21,22)15-8-5-4-6-9-15;/h4-6,8-9H,7,10-14H2,1-3H3,(H,18,19);1H. The predicted octanol–water partition coefficient (Wildman–Crippen LogP) is 1.55. The highest BCUT2D eigenvalue weighted by Crippen LogP contribution is 2.23. The summed E-state index contributed by atoms with van der Waals surface area (Å²) in [5.41, 5.74) is 0. The highest BCUT2D eigenvalue weighted by atomic mass is 127. The van der Waals surface area contributed by atoms with Crippen molar-refractivity contribution in [2.45, 2.75) is 29.9 Å². The van der Waals surface area contributed by atoms with Crippen molar-refractivity contribution in [2.75, 3.05) is 38.2 Å². The molecule has 0 atom stereocenters. The topological polar surface area (TPSA) is 95.9 Å². The second-order valence-corrected chi connectivity index (χ2v) is 11.8. The van der Waals surface area contributed by atoms with E-state index in [1.165, 1.54) is 0 Å². The zero-order valence-electron chi connectivity index (χ0n) is 15.9. The number of aliphatic imine (C=N–C) groups is 1. The Bertz CT molecular complexity index is 853. The number of hydrogen-bond acceptors (Lipinski definition) is 5. The molecule has 0 unspecified atom stereocenters. The van der Waals surface area contributed by atoms with Crippen LogP contribution in [0.15, 0.2) is 40.2 Å². The second kappa shape index (κ2) is 9.55. The first-order valence-electron chi connectivity index (χ1n) is 8.55. The van der Waals surface area contributed by atoms with Gasteiger partial charge in [-0.05, 0) is 32.4 Å². The molecule has 10 heteroatoms. The number of rotatable bonds is 5. The molecule has 1 aromatic carbocycles. The summed E-state index contributed by atoms with van der Waals surface area (Å²) in [6.45, 7) is 4.62. The van der Waals surface area contributed by atoms with E-state index in [0.717, 1.165) is 0 Å². The maximum Gasteiger partial charge on any atom is 0.193 e. The van der Waals surface area contributed by atoms with Gasteiger partial charge in [0.15, 0.2) is 25.6 Å². The Balaban J connectivity index is 0.00000364. The molecule has 0 spiro atoms. The van der Waals surface area contributed by atoms with Gasteiger partial charge in [0, 0.05) is 26.7 Å². The van der Waals surface area contributed by atoms with Crippen molar-refractivity contribution in [1.82, 2.24) is 10.2 Å². The Morgan fingerprint density at radius 1 is 1.26 bits per heavy atom. The van der Waals surface area contributed by atoms with Crippen molar-refractivity contribution in [3.63, 3.8) is 0 Å². The van der Waals surface area contributed by atoms with Crippen LogP contribution in [0.25, 0.3) is 0 Å². The number of halogens is 1. The normalized spacial score (nSPS) is 19.2. The molecule has 0 aromatic heterocycles. The van der Waals surface area contributed by atoms with Crippen LogP contribution in [0, 0.1) is 0 Å². The van der Waals surface area contributed by atoms with Crippen LogP contribution < -0.4 is 5.32 Å². The van der Waals surface area contributed by atoms with Crippen molar-refractivity contribution in [1.29, 1.82) is 0 Å². The average molecular weight is 529 g/mol. The van der Waals surface area contributed by atoms with E-state index in [0.29, 0.717) is 36.9 Å². The number of hydrogen-bond donors (Lipinski definition) is 1. The number of nitrogens with one attached hydrogen (secondary N) is 1. The minimum absolute atomic E-state index is 0. The van der Waals surface area contributed by atoms with Crippen LogP contribution in [0.2, 0.25) is 0 Å². The Labute approximate surface area is 179 Å². The van der Waals surface area contributed by atoms with E-state index in [4.69, 9.17) is 0 Å². The van der Waals surface area contributed by atoms with Gasteiger partial charge in [0.2, 0.25) is 0 Å². The van der Waals surface area contributed by atoms with Crippen molar-refractivity contribution in [3.05, 3.63) is 30.3 Å². The molecule has 2 rings (SSSR count). The molecule has 0 aliphatic carbocycles. The van der Waals surface area contributed by atoms with Gasteiger partial charge >= 0.3 is 0 Å². The predicted molar refractivity (Wildman–Crippen MR) is 119 cm³/mol. The van der Waals surface area contributed by atoms with E-state index in [-0.39, 0.29) is 35.5 Å². The third-order valence-corrected chi connectivity index (χ3v) is 8.88. The number of sulfone groups is 2. The largest absolute Gasteiger partial charge is 0.356 e. The summed E-state index contributed by atoms with van der Waals surface area (Å²) in [6.07, 6.45) is 0.436. The molecule has 1 aliphatic rings. The maximum absolute atomic E-state index is 12.3. The summed E-state index contributed by atoms with van der Waals surface area (Å²) in [5, 5.41) is 3.14. The van der Waals surface area contributed by atoms with Gasteiger partial charge in [-0.1, -0.05) is 18.2 Å². The average Bonchev–Trinajstić information content (AvgIpc) is 2.58. The van der Waals surface area contributed by atoms with E-state index in [9.17, 15) is 16.8 Å². The van der Waals surface area contributed by atoms with Crippen LogP contribution in [0.4, 0.5) is 0 Å². The van der Waals surface area contributed by atoms with Gasteiger partial charge in [0.05, 0.1) is 21.1 Å².